The maximum Gasteiger partial charge on any atom is 0.231 e. The smallest absolute Gasteiger partial charge is 0.231 e. The Morgan fingerprint density at radius 3 is 2.65 bits per heavy atom. The van der Waals surface area contributed by atoms with Crippen molar-refractivity contribution in [2.45, 2.75) is 39.8 Å². The standard InChI is InChI=1S/C16H25NO3/c1-5-18-9-14(11(2)3)17-12(4)13-6-7-15-16(8-13)20-10-19-15/h6-8,11-12,14,17H,5,9-10H2,1-4H3. The third kappa shape index (κ3) is 3.64. The fourth-order valence-corrected chi connectivity index (χ4v) is 2.28. The SMILES string of the molecule is CCOCC(NC(C)c1ccc2c(c1)OCO2)C(C)C. The van der Waals surface area contributed by atoms with Crippen molar-refractivity contribution in [3.8, 4) is 11.5 Å². The van der Waals surface area contributed by atoms with Gasteiger partial charge in [0.1, 0.15) is 0 Å². The summed E-state index contributed by atoms with van der Waals surface area (Å²) >= 11 is 0. The molecule has 20 heavy (non-hydrogen) atoms. The van der Waals surface area contributed by atoms with E-state index < -0.39 is 0 Å². The molecule has 1 aliphatic rings. The van der Waals surface area contributed by atoms with E-state index in [0.29, 0.717) is 18.8 Å². The van der Waals surface area contributed by atoms with Gasteiger partial charge < -0.3 is 19.5 Å². The predicted molar refractivity (Wildman–Crippen MR) is 79.2 cm³/mol. The van der Waals surface area contributed by atoms with Crippen LogP contribution in [0.4, 0.5) is 0 Å². The van der Waals surface area contributed by atoms with Crippen LogP contribution in [-0.2, 0) is 4.74 Å². The molecular formula is C16H25NO3. The molecule has 0 radical (unpaired) electrons. The van der Waals surface area contributed by atoms with Crippen molar-refractivity contribution in [2.24, 2.45) is 5.92 Å². The summed E-state index contributed by atoms with van der Waals surface area (Å²) in [6, 6.07) is 6.71. The summed E-state index contributed by atoms with van der Waals surface area (Å²) in [5.41, 5.74) is 1.20. The van der Waals surface area contributed by atoms with Gasteiger partial charge >= 0.3 is 0 Å². The molecular weight excluding hydrogens is 254 g/mol. The van der Waals surface area contributed by atoms with Crippen LogP contribution >= 0.6 is 0 Å². The first kappa shape index (κ1) is 15.1. The van der Waals surface area contributed by atoms with E-state index in [2.05, 4.69) is 38.2 Å². The zero-order valence-corrected chi connectivity index (χ0v) is 12.8. The van der Waals surface area contributed by atoms with Gasteiger partial charge in [-0.3, -0.25) is 0 Å². The lowest BCUT2D eigenvalue weighted by atomic mass is 10.0. The maximum atomic E-state index is 5.56. The Hall–Kier alpha value is -1.26. The lowest BCUT2D eigenvalue weighted by Crippen LogP contribution is -2.39. The summed E-state index contributed by atoms with van der Waals surface area (Å²) in [6.07, 6.45) is 0. The van der Waals surface area contributed by atoms with Crippen molar-refractivity contribution in [3.63, 3.8) is 0 Å². The average Bonchev–Trinajstić information content (AvgIpc) is 2.90. The molecule has 4 heteroatoms. The van der Waals surface area contributed by atoms with E-state index in [4.69, 9.17) is 14.2 Å². The molecule has 0 saturated carbocycles. The molecule has 0 saturated heterocycles. The Bertz CT molecular complexity index is 434. The Morgan fingerprint density at radius 2 is 1.95 bits per heavy atom. The summed E-state index contributed by atoms with van der Waals surface area (Å²) < 4.78 is 16.3. The van der Waals surface area contributed by atoms with Crippen LogP contribution in [0.5, 0.6) is 11.5 Å². The van der Waals surface area contributed by atoms with Gasteiger partial charge in [-0.2, -0.15) is 0 Å². The highest BCUT2D eigenvalue weighted by atomic mass is 16.7. The second kappa shape index (κ2) is 6.95. The number of benzene rings is 1. The lowest BCUT2D eigenvalue weighted by molar-refractivity contribution is 0.104. The molecule has 2 atom stereocenters. The second-order valence-corrected chi connectivity index (χ2v) is 5.51. The van der Waals surface area contributed by atoms with E-state index in [1.807, 2.05) is 13.0 Å². The zero-order chi connectivity index (χ0) is 14.5. The van der Waals surface area contributed by atoms with Crippen LogP contribution in [0.15, 0.2) is 18.2 Å². The molecule has 112 valence electrons. The first-order chi connectivity index (χ1) is 9.61. The van der Waals surface area contributed by atoms with E-state index >= 15 is 0 Å². The highest BCUT2D eigenvalue weighted by Gasteiger charge is 2.19. The first-order valence-corrected chi connectivity index (χ1v) is 7.35. The summed E-state index contributed by atoms with van der Waals surface area (Å²) in [5.74, 6) is 2.19. The van der Waals surface area contributed by atoms with Crippen LogP contribution in [0, 0.1) is 5.92 Å². The second-order valence-electron chi connectivity index (χ2n) is 5.51. The van der Waals surface area contributed by atoms with E-state index in [1.54, 1.807) is 0 Å². The van der Waals surface area contributed by atoms with Crippen LogP contribution in [0.3, 0.4) is 0 Å². The summed E-state index contributed by atoms with van der Waals surface area (Å²) in [6.45, 7) is 10.4. The van der Waals surface area contributed by atoms with Gasteiger partial charge in [0.15, 0.2) is 11.5 Å². The number of nitrogens with one attached hydrogen (secondary N) is 1. The molecule has 1 aromatic carbocycles. The third-order valence-electron chi connectivity index (χ3n) is 3.67. The van der Waals surface area contributed by atoms with Gasteiger partial charge in [-0.15, -0.1) is 0 Å². The fraction of sp³-hybridized carbons (Fsp3) is 0.625. The van der Waals surface area contributed by atoms with E-state index in [-0.39, 0.29) is 6.04 Å². The molecule has 0 aromatic heterocycles. The molecule has 1 aliphatic heterocycles. The Kier molecular flexibility index (Phi) is 5.26. The Morgan fingerprint density at radius 1 is 1.20 bits per heavy atom. The van der Waals surface area contributed by atoms with Gasteiger partial charge in [0.2, 0.25) is 6.79 Å². The van der Waals surface area contributed by atoms with Crippen LogP contribution in [0.1, 0.15) is 39.3 Å². The highest BCUT2D eigenvalue weighted by molar-refractivity contribution is 5.45. The average molecular weight is 279 g/mol. The lowest BCUT2D eigenvalue weighted by Gasteiger charge is -2.26. The molecule has 1 heterocycles. The summed E-state index contributed by atoms with van der Waals surface area (Å²) in [5, 5.41) is 3.64. The van der Waals surface area contributed by atoms with Crippen LogP contribution in [-0.4, -0.2) is 26.0 Å². The minimum Gasteiger partial charge on any atom is -0.454 e. The molecule has 1 N–H and O–H groups in total. The van der Waals surface area contributed by atoms with E-state index in [0.717, 1.165) is 24.7 Å². The number of hydrogen-bond donors (Lipinski definition) is 1. The molecule has 0 amide bonds. The molecule has 1 aromatic rings. The number of rotatable bonds is 7. The molecule has 0 fully saturated rings. The zero-order valence-electron chi connectivity index (χ0n) is 12.8. The van der Waals surface area contributed by atoms with Crippen molar-refractivity contribution < 1.29 is 14.2 Å². The van der Waals surface area contributed by atoms with Crippen molar-refractivity contribution in [3.05, 3.63) is 23.8 Å². The predicted octanol–water partition coefficient (Wildman–Crippen LogP) is 3.13. The summed E-state index contributed by atoms with van der Waals surface area (Å²) in [4.78, 5) is 0. The van der Waals surface area contributed by atoms with Crippen molar-refractivity contribution in [1.29, 1.82) is 0 Å². The molecule has 0 spiro atoms. The van der Waals surface area contributed by atoms with Crippen molar-refractivity contribution >= 4 is 0 Å². The fourth-order valence-electron chi connectivity index (χ4n) is 2.28. The third-order valence-corrected chi connectivity index (χ3v) is 3.67. The van der Waals surface area contributed by atoms with E-state index in [9.17, 15) is 0 Å². The number of hydrogen-bond acceptors (Lipinski definition) is 4. The van der Waals surface area contributed by atoms with Crippen LogP contribution < -0.4 is 14.8 Å². The van der Waals surface area contributed by atoms with Crippen LogP contribution in [0.2, 0.25) is 0 Å². The molecule has 2 unspecified atom stereocenters. The number of fused-ring (bicyclic) bond motifs is 1. The first-order valence-electron chi connectivity index (χ1n) is 7.35. The van der Waals surface area contributed by atoms with Gasteiger partial charge in [-0.05, 0) is 37.5 Å². The minimum absolute atomic E-state index is 0.248. The van der Waals surface area contributed by atoms with E-state index in [1.165, 1.54) is 5.56 Å². The minimum atomic E-state index is 0.248. The largest absolute Gasteiger partial charge is 0.454 e. The number of ether oxygens (including phenoxy) is 3. The monoisotopic (exact) mass is 279 g/mol. The van der Waals surface area contributed by atoms with Gasteiger partial charge in [0, 0.05) is 18.7 Å². The van der Waals surface area contributed by atoms with Gasteiger partial charge in [0.25, 0.3) is 0 Å². The van der Waals surface area contributed by atoms with Gasteiger partial charge in [-0.25, -0.2) is 0 Å². The Labute approximate surface area is 121 Å². The quantitative estimate of drug-likeness (QED) is 0.832. The molecule has 0 aliphatic carbocycles. The van der Waals surface area contributed by atoms with Gasteiger partial charge in [0.05, 0.1) is 6.61 Å². The maximum absolute atomic E-state index is 5.56. The van der Waals surface area contributed by atoms with Crippen molar-refractivity contribution in [1.82, 2.24) is 5.32 Å². The molecule has 4 nitrogen and oxygen atoms in total. The topological polar surface area (TPSA) is 39.7 Å². The normalized spacial score (nSPS) is 16.4. The molecule has 0 bridgehead atoms. The van der Waals surface area contributed by atoms with Crippen molar-refractivity contribution in [2.75, 3.05) is 20.0 Å². The summed E-state index contributed by atoms with van der Waals surface area (Å²) in [7, 11) is 0. The van der Waals surface area contributed by atoms with Gasteiger partial charge in [-0.1, -0.05) is 19.9 Å². The highest BCUT2D eigenvalue weighted by Crippen LogP contribution is 2.34. The Balaban J connectivity index is 2.00. The van der Waals surface area contributed by atoms with Crippen LogP contribution in [0.25, 0.3) is 0 Å². The molecule has 2 rings (SSSR count).